The van der Waals surface area contributed by atoms with Gasteiger partial charge in [0.05, 0.1) is 0 Å². The smallest absolute Gasteiger partial charge is 0.138 e. The fourth-order valence-electron chi connectivity index (χ4n) is 2.46. The molecule has 1 aromatic carbocycles. The zero-order valence-corrected chi connectivity index (χ0v) is 11.0. The third-order valence-corrected chi connectivity index (χ3v) is 3.90. The van der Waals surface area contributed by atoms with E-state index in [0.717, 1.165) is 30.4 Å². The lowest BCUT2D eigenvalue weighted by atomic mass is 9.72. The van der Waals surface area contributed by atoms with Crippen LogP contribution in [0.15, 0.2) is 30.6 Å². The van der Waals surface area contributed by atoms with Gasteiger partial charge in [0.2, 0.25) is 0 Å². The topological polar surface area (TPSA) is 42.7 Å². The molecule has 0 radical (unpaired) electrons. The van der Waals surface area contributed by atoms with Crippen LogP contribution < -0.4 is 5.32 Å². The molecule has 1 saturated heterocycles. The second-order valence-corrected chi connectivity index (χ2v) is 5.31. The van der Waals surface area contributed by atoms with E-state index in [1.54, 1.807) is 6.33 Å². The highest BCUT2D eigenvalue weighted by Crippen LogP contribution is 2.33. The van der Waals surface area contributed by atoms with Crippen LogP contribution in [0.3, 0.4) is 0 Å². The molecule has 94 valence electrons. The number of hydrogen-bond acceptors (Lipinski definition) is 3. The Morgan fingerprint density at radius 2 is 2.28 bits per heavy atom. The molecule has 0 aliphatic carbocycles. The van der Waals surface area contributed by atoms with Crippen molar-refractivity contribution >= 4 is 11.6 Å². The molecule has 0 bridgehead atoms. The van der Waals surface area contributed by atoms with E-state index in [9.17, 15) is 0 Å². The van der Waals surface area contributed by atoms with Crippen molar-refractivity contribution in [2.45, 2.75) is 11.8 Å². The second-order valence-electron chi connectivity index (χ2n) is 4.87. The molecule has 0 spiro atoms. The zero-order chi connectivity index (χ0) is 12.6. The van der Waals surface area contributed by atoms with Gasteiger partial charge in [-0.25, -0.2) is 4.98 Å². The average Bonchev–Trinajstić information content (AvgIpc) is 2.69. The van der Waals surface area contributed by atoms with Crippen LogP contribution in [0.1, 0.15) is 11.4 Å². The summed E-state index contributed by atoms with van der Waals surface area (Å²) in [5.74, 6) is 1.01. The molecule has 2 aromatic rings. The van der Waals surface area contributed by atoms with Crippen LogP contribution in [0.2, 0.25) is 5.02 Å². The van der Waals surface area contributed by atoms with Crippen LogP contribution in [0, 0.1) is 0 Å². The maximum Gasteiger partial charge on any atom is 0.138 e. The maximum absolute atomic E-state index is 6.09. The molecule has 5 heteroatoms. The number of halogens is 1. The van der Waals surface area contributed by atoms with E-state index < -0.39 is 0 Å². The molecule has 0 saturated carbocycles. The lowest BCUT2D eigenvalue weighted by molar-refractivity contribution is 0.267. The predicted octanol–water partition coefficient (Wildman–Crippen LogP) is 1.55. The summed E-state index contributed by atoms with van der Waals surface area (Å²) < 4.78 is 1.84. The fraction of sp³-hybridized carbons (Fsp3) is 0.385. The Labute approximate surface area is 111 Å². The van der Waals surface area contributed by atoms with E-state index in [1.165, 1.54) is 5.56 Å². The van der Waals surface area contributed by atoms with Gasteiger partial charge in [0.15, 0.2) is 0 Å². The Morgan fingerprint density at radius 1 is 1.44 bits per heavy atom. The Morgan fingerprint density at radius 3 is 2.83 bits per heavy atom. The van der Waals surface area contributed by atoms with E-state index in [2.05, 4.69) is 27.5 Å². The van der Waals surface area contributed by atoms with E-state index >= 15 is 0 Å². The van der Waals surface area contributed by atoms with E-state index in [-0.39, 0.29) is 5.41 Å². The monoisotopic (exact) mass is 262 g/mol. The molecule has 1 aliphatic heterocycles. The van der Waals surface area contributed by atoms with Crippen molar-refractivity contribution in [3.63, 3.8) is 0 Å². The molecular weight excluding hydrogens is 248 g/mol. The maximum atomic E-state index is 6.09. The van der Waals surface area contributed by atoms with Gasteiger partial charge in [-0.15, -0.1) is 0 Å². The van der Waals surface area contributed by atoms with Crippen LogP contribution >= 0.6 is 11.6 Å². The van der Waals surface area contributed by atoms with E-state index in [4.69, 9.17) is 11.6 Å². The summed E-state index contributed by atoms with van der Waals surface area (Å²) in [5, 5.41) is 8.27. The highest BCUT2D eigenvalue weighted by molar-refractivity contribution is 6.30. The van der Waals surface area contributed by atoms with Gasteiger partial charge in [-0.05, 0) is 17.7 Å². The molecule has 4 nitrogen and oxygen atoms in total. The van der Waals surface area contributed by atoms with Gasteiger partial charge in [-0.3, -0.25) is 4.68 Å². The van der Waals surface area contributed by atoms with Crippen molar-refractivity contribution in [1.29, 1.82) is 0 Å². The Bertz CT molecular complexity index is 560. The first kappa shape index (κ1) is 11.7. The number of hydrogen-bond donors (Lipinski definition) is 1. The van der Waals surface area contributed by atoms with Gasteiger partial charge < -0.3 is 5.32 Å². The van der Waals surface area contributed by atoms with Crippen LogP contribution in [0.5, 0.6) is 0 Å². The zero-order valence-electron chi connectivity index (χ0n) is 10.2. The first-order valence-electron chi connectivity index (χ1n) is 5.99. The molecule has 0 unspecified atom stereocenters. The van der Waals surface area contributed by atoms with Crippen molar-refractivity contribution in [2.24, 2.45) is 7.05 Å². The van der Waals surface area contributed by atoms with Gasteiger partial charge >= 0.3 is 0 Å². The van der Waals surface area contributed by atoms with Gasteiger partial charge in [-0.2, -0.15) is 5.10 Å². The predicted molar refractivity (Wildman–Crippen MR) is 70.7 cm³/mol. The standard InChI is InChI=1S/C13H15ClN4/c1-18-12(16-9-17-18)6-13(7-15-8-13)10-3-2-4-11(14)5-10/h2-5,9,15H,6-8H2,1H3. The van der Waals surface area contributed by atoms with E-state index in [1.807, 2.05) is 23.9 Å². The third-order valence-electron chi connectivity index (χ3n) is 3.67. The summed E-state index contributed by atoms with van der Waals surface area (Å²) in [6, 6.07) is 8.11. The van der Waals surface area contributed by atoms with Crippen molar-refractivity contribution in [2.75, 3.05) is 13.1 Å². The first-order valence-corrected chi connectivity index (χ1v) is 6.37. The van der Waals surface area contributed by atoms with Crippen molar-refractivity contribution in [1.82, 2.24) is 20.1 Å². The second kappa shape index (κ2) is 4.37. The largest absolute Gasteiger partial charge is 0.315 e. The van der Waals surface area contributed by atoms with Gasteiger partial charge in [0, 0.05) is 37.0 Å². The summed E-state index contributed by atoms with van der Waals surface area (Å²) in [6.45, 7) is 1.92. The SMILES string of the molecule is Cn1ncnc1CC1(c2cccc(Cl)c2)CNC1. The summed E-state index contributed by atoms with van der Waals surface area (Å²) >= 11 is 6.09. The minimum atomic E-state index is 0.103. The highest BCUT2D eigenvalue weighted by atomic mass is 35.5. The third kappa shape index (κ3) is 1.91. The molecule has 3 rings (SSSR count). The lowest BCUT2D eigenvalue weighted by Crippen LogP contribution is -2.58. The summed E-state index contributed by atoms with van der Waals surface area (Å²) in [4.78, 5) is 4.32. The number of benzene rings is 1. The molecular formula is C13H15ClN4. The summed E-state index contributed by atoms with van der Waals surface area (Å²) in [7, 11) is 1.93. The Hall–Kier alpha value is -1.39. The van der Waals surface area contributed by atoms with Gasteiger partial charge in [0.1, 0.15) is 12.2 Å². The first-order chi connectivity index (χ1) is 8.70. The van der Waals surface area contributed by atoms with Crippen LogP contribution in [-0.4, -0.2) is 27.9 Å². The van der Waals surface area contributed by atoms with Crippen molar-refractivity contribution in [3.8, 4) is 0 Å². The molecule has 2 heterocycles. The number of nitrogens with zero attached hydrogens (tertiary/aromatic N) is 3. The molecule has 18 heavy (non-hydrogen) atoms. The average molecular weight is 263 g/mol. The minimum absolute atomic E-state index is 0.103. The Kier molecular flexibility index (Phi) is 2.84. The normalized spacial score (nSPS) is 17.4. The summed E-state index contributed by atoms with van der Waals surface area (Å²) in [6.07, 6.45) is 2.49. The molecule has 1 aromatic heterocycles. The molecule has 0 amide bonds. The minimum Gasteiger partial charge on any atom is -0.315 e. The lowest BCUT2D eigenvalue weighted by Gasteiger charge is -2.43. The number of nitrogens with one attached hydrogen (secondary N) is 1. The molecule has 0 atom stereocenters. The molecule has 1 N–H and O–H groups in total. The van der Waals surface area contributed by atoms with Crippen LogP contribution in [0.4, 0.5) is 0 Å². The number of rotatable bonds is 3. The fourth-order valence-corrected chi connectivity index (χ4v) is 2.65. The molecule has 1 aliphatic rings. The number of aryl methyl sites for hydroxylation is 1. The highest BCUT2D eigenvalue weighted by Gasteiger charge is 2.39. The van der Waals surface area contributed by atoms with Gasteiger partial charge in [-0.1, -0.05) is 23.7 Å². The molecule has 1 fully saturated rings. The van der Waals surface area contributed by atoms with Crippen LogP contribution in [-0.2, 0) is 18.9 Å². The van der Waals surface area contributed by atoms with Crippen molar-refractivity contribution in [3.05, 3.63) is 47.0 Å². The number of aromatic nitrogens is 3. The summed E-state index contributed by atoms with van der Waals surface area (Å²) in [5.41, 5.74) is 1.38. The van der Waals surface area contributed by atoms with Crippen LogP contribution in [0.25, 0.3) is 0 Å². The Balaban J connectivity index is 1.93. The quantitative estimate of drug-likeness (QED) is 0.913. The van der Waals surface area contributed by atoms with Gasteiger partial charge in [0.25, 0.3) is 0 Å². The van der Waals surface area contributed by atoms with E-state index in [0.29, 0.717) is 0 Å². The van der Waals surface area contributed by atoms with Crippen molar-refractivity contribution < 1.29 is 0 Å².